The maximum atomic E-state index is 13.7. The normalized spacial score (nSPS) is 10.3. The average molecular weight is 406 g/mol. The number of hydrogen-bond donors (Lipinski definition) is 1. The minimum atomic E-state index is -0.163. The van der Waals surface area contributed by atoms with Gasteiger partial charge in [-0.2, -0.15) is 0 Å². The predicted molar refractivity (Wildman–Crippen MR) is 111 cm³/mol. The van der Waals surface area contributed by atoms with Crippen LogP contribution in [0.2, 0.25) is 5.02 Å². The Morgan fingerprint density at radius 2 is 1.63 bits per heavy atom. The van der Waals surface area contributed by atoms with E-state index in [0.29, 0.717) is 36.7 Å². The molecule has 0 amide bonds. The summed E-state index contributed by atoms with van der Waals surface area (Å²) >= 11 is 6.13. The first-order chi connectivity index (χ1) is 12.7. The molecule has 0 aliphatic carbocycles. The summed E-state index contributed by atoms with van der Waals surface area (Å²) < 4.78 is 19.6. The van der Waals surface area contributed by atoms with Crippen molar-refractivity contribution in [2.45, 2.75) is 19.6 Å². The molecule has 27 heavy (non-hydrogen) atoms. The van der Waals surface area contributed by atoms with Crippen LogP contribution in [0.3, 0.4) is 0 Å². The van der Waals surface area contributed by atoms with Gasteiger partial charge in [0.1, 0.15) is 18.2 Å². The number of benzene rings is 3. The zero-order chi connectivity index (χ0) is 18.2. The lowest BCUT2D eigenvalue weighted by atomic mass is 10.1. The molecule has 0 aliphatic heterocycles. The molecule has 142 valence electrons. The van der Waals surface area contributed by atoms with Crippen molar-refractivity contribution >= 4 is 24.0 Å². The van der Waals surface area contributed by atoms with E-state index in [1.165, 1.54) is 6.07 Å². The van der Waals surface area contributed by atoms with E-state index in [-0.39, 0.29) is 18.2 Å². The van der Waals surface area contributed by atoms with Gasteiger partial charge >= 0.3 is 0 Å². The minimum absolute atomic E-state index is 0. The van der Waals surface area contributed by atoms with Crippen molar-refractivity contribution in [1.82, 2.24) is 5.32 Å². The third-order valence-corrected chi connectivity index (χ3v) is 4.34. The highest BCUT2D eigenvalue weighted by Crippen LogP contribution is 2.24. The predicted octanol–water partition coefficient (Wildman–Crippen LogP) is 5.81. The molecule has 0 aromatic heterocycles. The lowest BCUT2D eigenvalue weighted by Gasteiger charge is -2.13. The highest BCUT2D eigenvalue weighted by molar-refractivity contribution is 6.30. The third-order valence-electron chi connectivity index (χ3n) is 4.10. The first-order valence-electron chi connectivity index (χ1n) is 8.61. The van der Waals surface area contributed by atoms with E-state index >= 15 is 0 Å². The SMILES string of the molecule is Cl.Fc1ccccc1CCNCc1cc(Cl)ccc1OCc1ccccc1. The summed E-state index contributed by atoms with van der Waals surface area (Å²) in [4.78, 5) is 0. The largest absolute Gasteiger partial charge is 0.489 e. The highest BCUT2D eigenvalue weighted by atomic mass is 35.5. The summed E-state index contributed by atoms with van der Waals surface area (Å²) in [6, 6.07) is 22.5. The quantitative estimate of drug-likeness (QED) is 0.477. The van der Waals surface area contributed by atoms with Gasteiger partial charge in [-0.15, -0.1) is 12.4 Å². The molecule has 0 saturated carbocycles. The Morgan fingerprint density at radius 1 is 0.889 bits per heavy atom. The number of ether oxygens (including phenoxy) is 1. The van der Waals surface area contributed by atoms with Crippen LogP contribution in [0.1, 0.15) is 16.7 Å². The lowest BCUT2D eigenvalue weighted by Crippen LogP contribution is -2.17. The van der Waals surface area contributed by atoms with E-state index in [1.807, 2.05) is 60.7 Å². The molecular weight excluding hydrogens is 384 g/mol. The summed E-state index contributed by atoms with van der Waals surface area (Å²) in [7, 11) is 0. The molecule has 0 unspecified atom stereocenters. The van der Waals surface area contributed by atoms with Crippen molar-refractivity contribution in [2.75, 3.05) is 6.54 Å². The Kier molecular flexibility index (Phi) is 8.59. The molecule has 1 N–H and O–H groups in total. The van der Waals surface area contributed by atoms with E-state index in [4.69, 9.17) is 16.3 Å². The monoisotopic (exact) mass is 405 g/mol. The Hall–Kier alpha value is -2.07. The highest BCUT2D eigenvalue weighted by Gasteiger charge is 2.06. The molecule has 0 radical (unpaired) electrons. The molecule has 0 atom stereocenters. The Balaban J connectivity index is 0.00000261. The Labute approximate surface area is 170 Å². The summed E-state index contributed by atoms with van der Waals surface area (Å²) in [6.45, 7) is 1.79. The van der Waals surface area contributed by atoms with E-state index in [1.54, 1.807) is 6.07 Å². The van der Waals surface area contributed by atoms with Crippen molar-refractivity contribution in [2.24, 2.45) is 0 Å². The lowest BCUT2D eigenvalue weighted by molar-refractivity contribution is 0.302. The zero-order valence-electron chi connectivity index (χ0n) is 14.8. The Morgan fingerprint density at radius 3 is 2.41 bits per heavy atom. The summed E-state index contributed by atoms with van der Waals surface area (Å²) in [6.07, 6.45) is 0.632. The first-order valence-corrected chi connectivity index (χ1v) is 8.99. The molecule has 2 nitrogen and oxygen atoms in total. The average Bonchev–Trinajstić information content (AvgIpc) is 2.66. The minimum Gasteiger partial charge on any atom is -0.489 e. The molecular formula is C22H22Cl2FNO. The van der Waals surface area contributed by atoms with Gasteiger partial charge in [0.15, 0.2) is 0 Å². The van der Waals surface area contributed by atoms with Gasteiger partial charge in [0.2, 0.25) is 0 Å². The van der Waals surface area contributed by atoms with Gasteiger partial charge in [-0.3, -0.25) is 0 Å². The maximum absolute atomic E-state index is 13.7. The maximum Gasteiger partial charge on any atom is 0.126 e. The van der Waals surface area contributed by atoms with Crippen LogP contribution in [0.15, 0.2) is 72.8 Å². The summed E-state index contributed by atoms with van der Waals surface area (Å²) in [5.41, 5.74) is 2.81. The van der Waals surface area contributed by atoms with Gasteiger partial charge in [0.05, 0.1) is 0 Å². The second-order valence-corrected chi connectivity index (χ2v) is 6.48. The van der Waals surface area contributed by atoms with Crippen LogP contribution in [-0.2, 0) is 19.6 Å². The van der Waals surface area contributed by atoms with Crippen LogP contribution in [-0.4, -0.2) is 6.54 Å². The molecule has 0 spiro atoms. The number of rotatable bonds is 8. The fourth-order valence-electron chi connectivity index (χ4n) is 2.71. The first kappa shape index (κ1) is 21.2. The molecule has 0 bridgehead atoms. The molecule has 5 heteroatoms. The van der Waals surface area contributed by atoms with E-state index < -0.39 is 0 Å². The van der Waals surface area contributed by atoms with E-state index in [9.17, 15) is 4.39 Å². The number of hydrogen-bond acceptors (Lipinski definition) is 2. The molecule has 0 aliphatic rings. The fraction of sp³-hybridized carbons (Fsp3) is 0.182. The van der Waals surface area contributed by atoms with Crippen molar-refractivity contribution in [3.8, 4) is 5.75 Å². The van der Waals surface area contributed by atoms with Gasteiger partial charge in [-0.25, -0.2) is 4.39 Å². The third kappa shape index (κ3) is 6.55. The van der Waals surface area contributed by atoms with Gasteiger partial charge in [-0.1, -0.05) is 60.1 Å². The number of halogens is 3. The smallest absolute Gasteiger partial charge is 0.126 e. The van der Waals surface area contributed by atoms with E-state index in [0.717, 1.165) is 16.9 Å². The van der Waals surface area contributed by atoms with Crippen LogP contribution < -0.4 is 10.1 Å². The molecule has 3 aromatic carbocycles. The van der Waals surface area contributed by atoms with Gasteiger partial charge in [0, 0.05) is 17.1 Å². The van der Waals surface area contributed by atoms with Gasteiger partial charge in [-0.05, 0) is 48.4 Å². The zero-order valence-corrected chi connectivity index (χ0v) is 16.4. The number of nitrogens with one attached hydrogen (secondary N) is 1. The molecule has 3 rings (SSSR count). The van der Waals surface area contributed by atoms with Crippen LogP contribution in [0.4, 0.5) is 4.39 Å². The molecule has 0 saturated heterocycles. The van der Waals surface area contributed by atoms with Gasteiger partial charge < -0.3 is 10.1 Å². The van der Waals surface area contributed by atoms with Gasteiger partial charge in [0.25, 0.3) is 0 Å². The second kappa shape index (κ2) is 10.9. The standard InChI is InChI=1S/C22H21ClFNO.ClH/c23-20-10-11-22(26-16-17-6-2-1-3-7-17)19(14-20)15-25-13-12-18-8-4-5-9-21(18)24;/h1-11,14,25H,12-13,15-16H2;1H. The fourth-order valence-corrected chi connectivity index (χ4v) is 2.90. The van der Waals surface area contributed by atoms with Crippen LogP contribution >= 0.6 is 24.0 Å². The molecule has 0 heterocycles. The van der Waals surface area contributed by atoms with Crippen LogP contribution in [0, 0.1) is 5.82 Å². The van der Waals surface area contributed by atoms with Crippen molar-refractivity contribution < 1.29 is 9.13 Å². The molecule has 0 fully saturated rings. The topological polar surface area (TPSA) is 21.3 Å². The van der Waals surface area contributed by atoms with Crippen LogP contribution in [0.25, 0.3) is 0 Å². The van der Waals surface area contributed by atoms with E-state index in [2.05, 4.69) is 5.32 Å². The van der Waals surface area contributed by atoms with Crippen molar-refractivity contribution in [3.05, 3.63) is 100 Å². The van der Waals surface area contributed by atoms with Crippen molar-refractivity contribution in [3.63, 3.8) is 0 Å². The Bertz CT molecular complexity index is 843. The summed E-state index contributed by atoms with van der Waals surface area (Å²) in [5.74, 6) is 0.639. The summed E-state index contributed by atoms with van der Waals surface area (Å²) in [5, 5.41) is 4.01. The van der Waals surface area contributed by atoms with Crippen LogP contribution in [0.5, 0.6) is 5.75 Å². The second-order valence-electron chi connectivity index (χ2n) is 6.04. The van der Waals surface area contributed by atoms with Crippen molar-refractivity contribution in [1.29, 1.82) is 0 Å². The molecule has 3 aromatic rings.